The number of carbonyl (C=O) groups is 1. The van der Waals surface area contributed by atoms with Gasteiger partial charge >= 0.3 is 0 Å². The second-order valence-electron chi connectivity index (χ2n) is 4.52. The highest BCUT2D eigenvalue weighted by Crippen LogP contribution is 2.28. The molecule has 1 aliphatic carbocycles. The molecule has 1 aromatic carbocycles. The minimum Gasteiger partial charge on any atom is -0.327 e. The van der Waals surface area contributed by atoms with Gasteiger partial charge in [0.05, 0.1) is 0 Å². The first-order valence-electron chi connectivity index (χ1n) is 5.65. The zero-order valence-electron chi connectivity index (χ0n) is 9.37. The zero-order chi connectivity index (χ0) is 11.7. The Morgan fingerprint density at radius 2 is 2.19 bits per heavy atom. The lowest BCUT2D eigenvalue weighted by atomic mass is 9.91. The highest BCUT2D eigenvalue weighted by atomic mass is 19.1. The molecule has 2 nitrogen and oxygen atoms in total. The summed E-state index contributed by atoms with van der Waals surface area (Å²) in [5.74, 6) is -0.309. The van der Waals surface area contributed by atoms with Crippen LogP contribution in [-0.4, -0.2) is 11.8 Å². The molecule has 0 heterocycles. The van der Waals surface area contributed by atoms with Crippen molar-refractivity contribution in [2.75, 3.05) is 0 Å². The van der Waals surface area contributed by atoms with E-state index in [1.165, 1.54) is 12.1 Å². The molecule has 1 fully saturated rings. The SMILES string of the molecule is Cc1cc(F)ccc1C(=O)C1CCCC1N. The second kappa shape index (κ2) is 4.34. The normalized spacial score (nSPS) is 24.7. The van der Waals surface area contributed by atoms with Gasteiger partial charge in [-0.1, -0.05) is 6.42 Å². The van der Waals surface area contributed by atoms with E-state index in [2.05, 4.69) is 0 Å². The number of aryl methyl sites for hydroxylation is 1. The van der Waals surface area contributed by atoms with Crippen LogP contribution in [0.25, 0.3) is 0 Å². The van der Waals surface area contributed by atoms with E-state index in [0.29, 0.717) is 11.1 Å². The lowest BCUT2D eigenvalue weighted by Gasteiger charge is -2.15. The van der Waals surface area contributed by atoms with Gasteiger partial charge in [-0.05, 0) is 43.5 Å². The number of halogens is 1. The first kappa shape index (κ1) is 11.3. The quantitative estimate of drug-likeness (QED) is 0.779. The van der Waals surface area contributed by atoms with Gasteiger partial charge in [-0.2, -0.15) is 0 Å². The molecule has 0 aliphatic heterocycles. The maximum atomic E-state index is 12.9. The third kappa shape index (κ3) is 2.00. The molecule has 0 aromatic heterocycles. The van der Waals surface area contributed by atoms with Crippen LogP contribution in [0.15, 0.2) is 18.2 Å². The Bertz CT molecular complexity index is 416. The van der Waals surface area contributed by atoms with Gasteiger partial charge in [0.15, 0.2) is 5.78 Å². The molecule has 2 rings (SSSR count). The number of carbonyl (C=O) groups excluding carboxylic acids is 1. The minimum atomic E-state index is -0.301. The lowest BCUT2D eigenvalue weighted by Crippen LogP contribution is -2.31. The molecule has 86 valence electrons. The fourth-order valence-electron chi connectivity index (χ4n) is 2.42. The molecule has 1 aromatic rings. The average Bonchev–Trinajstić information content (AvgIpc) is 2.63. The van der Waals surface area contributed by atoms with Gasteiger partial charge < -0.3 is 5.73 Å². The van der Waals surface area contributed by atoms with Crippen molar-refractivity contribution in [1.29, 1.82) is 0 Å². The maximum Gasteiger partial charge on any atom is 0.167 e. The van der Waals surface area contributed by atoms with Gasteiger partial charge in [0, 0.05) is 17.5 Å². The standard InChI is InChI=1S/C13H16FNO/c1-8-7-9(14)5-6-10(8)13(16)11-3-2-4-12(11)15/h5-7,11-12H,2-4,15H2,1H3. The summed E-state index contributed by atoms with van der Waals surface area (Å²) in [4.78, 5) is 12.2. The topological polar surface area (TPSA) is 43.1 Å². The molecule has 0 radical (unpaired) electrons. The van der Waals surface area contributed by atoms with Crippen LogP contribution in [0.4, 0.5) is 4.39 Å². The summed E-state index contributed by atoms with van der Waals surface area (Å²) in [5.41, 5.74) is 7.22. The van der Waals surface area contributed by atoms with Crippen molar-refractivity contribution in [3.05, 3.63) is 35.1 Å². The van der Waals surface area contributed by atoms with Crippen LogP contribution in [0.3, 0.4) is 0 Å². The molecule has 0 bridgehead atoms. The molecule has 2 N–H and O–H groups in total. The van der Waals surface area contributed by atoms with Crippen molar-refractivity contribution >= 4 is 5.78 Å². The number of hydrogen-bond donors (Lipinski definition) is 1. The fraction of sp³-hybridized carbons (Fsp3) is 0.462. The van der Waals surface area contributed by atoms with Gasteiger partial charge in [0.25, 0.3) is 0 Å². The molecule has 1 saturated carbocycles. The van der Waals surface area contributed by atoms with Gasteiger partial charge in [-0.3, -0.25) is 4.79 Å². The van der Waals surface area contributed by atoms with Crippen molar-refractivity contribution < 1.29 is 9.18 Å². The Morgan fingerprint density at radius 1 is 1.44 bits per heavy atom. The van der Waals surface area contributed by atoms with Crippen molar-refractivity contribution in [3.63, 3.8) is 0 Å². The van der Waals surface area contributed by atoms with Crippen LogP contribution in [-0.2, 0) is 0 Å². The maximum absolute atomic E-state index is 12.9. The van der Waals surface area contributed by atoms with Crippen LogP contribution in [0.2, 0.25) is 0 Å². The van der Waals surface area contributed by atoms with Gasteiger partial charge in [-0.25, -0.2) is 4.39 Å². The highest BCUT2D eigenvalue weighted by molar-refractivity contribution is 5.99. The van der Waals surface area contributed by atoms with E-state index >= 15 is 0 Å². The van der Waals surface area contributed by atoms with E-state index in [0.717, 1.165) is 19.3 Å². The Kier molecular flexibility index (Phi) is 3.06. The summed E-state index contributed by atoms with van der Waals surface area (Å²) >= 11 is 0. The summed E-state index contributed by atoms with van der Waals surface area (Å²) in [7, 11) is 0. The third-order valence-electron chi connectivity index (χ3n) is 3.36. The zero-order valence-corrected chi connectivity index (χ0v) is 9.37. The van der Waals surface area contributed by atoms with Crippen LogP contribution >= 0.6 is 0 Å². The minimum absolute atomic E-state index is 0.0306. The first-order valence-corrected chi connectivity index (χ1v) is 5.65. The molecular formula is C13H16FNO. The van der Waals surface area contributed by atoms with Crippen molar-refractivity contribution in [2.45, 2.75) is 32.2 Å². The summed E-state index contributed by atoms with van der Waals surface area (Å²) in [6, 6.07) is 4.27. The van der Waals surface area contributed by atoms with E-state index < -0.39 is 0 Å². The number of rotatable bonds is 2. The first-order chi connectivity index (χ1) is 7.59. The summed E-state index contributed by atoms with van der Waals surface area (Å²) in [6.07, 6.45) is 2.78. The van der Waals surface area contributed by atoms with E-state index in [1.54, 1.807) is 13.0 Å². The van der Waals surface area contributed by atoms with E-state index in [1.807, 2.05) is 0 Å². The Labute approximate surface area is 94.6 Å². The van der Waals surface area contributed by atoms with Crippen LogP contribution < -0.4 is 5.73 Å². The van der Waals surface area contributed by atoms with Crippen molar-refractivity contribution in [3.8, 4) is 0 Å². The van der Waals surface area contributed by atoms with Crippen LogP contribution in [0, 0.1) is 18.7 Å². The van der Waals surface area contributed by atoms with Gasteiger partial charge in [-0.15, -0.1) is 0 Å². The molecule has 16 heavy (non-hydrogen) atoms. The van der Waals surface area contributed by atoms with Crippen LogP contribution in [0.1, 0.15) is 35.2 Å². The number of Topliss-reactive ketones (excluding diaryl/α,β-unsaturated/α-hetero) is 1. The predicted molar refractivity (Wildman–Crippen MR) is 60.8 cm³/mol. The smallest absolute Gasteiger partial charge is 0.167 e. The fourth-order valence-corrected chi connectivity index (χ4v) is 2.42. The molecule has 2 unspecified atom stereocenters. The Hall–Kier alpha value is -1.22. The molecule has 2 atom stereocenters. The highest BCUT2D eigenvalue weighted by Gasteiger charge is 2.31. The number of hydrogen-bond acceptors (Lipinski definition) is 2. The number of nitrogens with two attached hydrogens (primary N) is 1. The van der Waals surface area contributed by atoms with E-state index in [9.17, 15) is 9.18 Å². The molecule has 0 spiro atoms. The number of benzene rings is 1. The Morgan fingerprint density at radius 3 is 2.75 bits per heavy atom. The monoisotopic (exact) mass is 221 g/mol. The third-order valence-corrected chi connectivity index (χ3v) is 3.36. The van der Waals surface area contributed by atoms with Gasteiger partial charge in [0.2, 0.25) is 0 Å². The predicted octanol–water partition coefficient (Wildman–Crippen LogP) is 2.44. The summed E-state index contributed by atoms with van der Waals surface area (Å²) in [5, 5.41) is 0. The molecule has 0 saturated heterocycles. The van der Waals surface area contributed by atoms with Crippen molar-refractivity contribution in [2.24, 2.45) is 11.7 Å². The molecule has 1 aliphatic rings. The average molecular weight is 221 g/mol. The Balaban J connectivity index is 2.27. The largest absolute Gasteiger partial charge is 0.327 e. The summed E-state index contributed by atoms with van der Waals surface area (Å²) < 4.78 is 12.9. The van der Waals surface area contributed by atoms with Crippen LogP contribution in [0.5, 0.6) is 0 Å². The molecule has 0 amide bonds. The van der Waals surface area contributed by atoms with E-state index in [-0.39, 0.29) is 23.6 Å². The number of ketones is 1. The molecule has 3 heteroatoms. The van der Waals surface area contributed by atoms with Crippen molar-refractivity contribution in [1.82, 2.24) is 0 Å². The molecular weight excluding hydrogens is 205 g/mol. The van der Waals surface area contributed by atoms with E-state index in [4.69, 9.17) is 5.73 Å². The second-order valence-corrected chi connectivity index (χ2v) is 4.52. The van der Waals surface area contributed by atoms with Gasteiger partial charge in [0.1, 0.15) is 5.82 Å². The lowest BCUT2D eigenvalue weighted by molar-refractivity contribution is 0.0913. The summed E-state index contributed by atoms with van der Waals surface area (Å²) in [6.45, 7) is 1.76.